The molecule has 0 unspecified atom stereocenters. The quantitative estimate of drug-likeness (QED) is 0.724. The first-order valence-corrected chi connectivity index (χ1v) is 6.41. The van der Waals surface area contributed by atoms with Crippen molar-refractivity contribution in [3.8, 4) is 0 Å². The number of aryl methyl sites for hydroxylation is 1. The predicted octanol–water partition coefficient (Wildman–Crippen LogP) is 2.22. The van der Waals surface area contributed by atoms with Crippen LogP contribution in [0.25, 0.3) is 0 Å². The molecule has 5 nitrogen and oxygen atoms in total. The maximum Gasteiger partial charge on any atom is 0.138 e. The van der Waals surface area contributed by atoms with Gasteiger partial charge in [0.05, 0.1) is 5.69 Å². The second kappa shape index (κ2) is 5.77. The summed E-state index contributed by atoms with van der Waals surface area (Å²) in [6, 6.07) is 3.93. The highest BCUT2D eigenvalue weighted by Crippen LogP contribution is 2.22. The first-order valence-electron chi connectivity index (χ1n) is 5.77. The fourth-order valence-corrected chi connectivity index (χ4v) is 1.77. The molecule has 18 heavy (non-hydrogen) atoms. The number of rotatable bonds is 5. The fraction of sp³-hybridized carbons (Fsp3) is 0.333. The number of aromatic amines is 1. The van der Waals surface area contributed by atoms with Crippen LogP contribution in [0, 0.1) is 6.92 Å². The van der Waals surface area contributed by atoms with E-state index in [2.05, 4.69) is 32.9 Å². The first kappa shape index (κ1) is 12.8. The minimum absolute atomic E-state index is 0.747. The van der Waals surface area contributed by atoms with E-state index in [0.717, 1.165) is 35.4 Å². The molecule has 0 aromatic carbocycles. The average Bonchev–Trinajstić information content (AvgIpc) is 2.88. The maximum atomic E-state index is 4.44. The number of hydrogen-bond acceptors (Lipinski definition) is 5. The van der Waals surface area contributed by atoms with E-state index in [-0.39, 0.29) is 0 Å². The standard InChI is InChI=1S/C12H17N5S/c1-9-15-11(14-5-6-18)7-12(16-9)17(2)10-3-4-13-8-10/h3-4,7-8,13,18H,5-6H2,1-2H3,(H,14,15,16). The molecule has 2 aromatic rings. The Kier molecular flexibility index (Phi) is 4.09. The summed E-state index contributed by atoms with van der Waals surface area (Å²) in [7, 11) is 1.98. The molecule has 0 amide bonds. The third kappa shape index (κ3) is 2.95. The van der Waals surface area contributed by atoms with Crippen molar-refractivity contribution in [3.05, 3.63) is 30.4 Å². The van der Waals surface area contributed by atoms with Crippen molar-refractivity contribution in [1.29, 1.82) is 0 Å². The molecule has 0 bridgehead atoms. The Balaban J connectivity index is 2.24. The number of anilines is 3. The number of nitrogens with one attached hydrogen (secondary N) is 2. The smallest absolute Gasteiger partial charge is 0.138 e. The van der Waals surface area contributed by atoms with Gasteiger partial charge in [0.15, 0.2) is 0 Å². The molecule has 2 N–H and O–H groups in total. The molecule has 0 saturated heterocycles. The third-order valence-electron chi connectivity index (χ3n) is 2.55. The average molecular weight is 263 g/mol. The van der Waals surface area contributed by atoms with E-state index in [4.69, 9.17) is 0 Å². The zero-order chi connectivity index (χ0) is 13.0. The molecule has 2 rings (SSSR count). The lowest BCUT2D eigenvalue weighted by Crippen LogP contribution is -2.13. The Bertz CT molecular complexity index is 497. The summed E-state index contributed by atoms with van der Waals surface area (Å²) in [5.41, 5.74) is 1.06. The van der Waals surface area contributed by atoms with Gasteiger partial charge in [-0.2, -0.15) is 12.6 Å². The van der Waals surface area contributed by atoms with Crippen LogP contribution in [0.4, 0.5) is 17.3 Å². The van der Waals surface area contributed by atoms with Gasteiger partial charge in [0.1, 0.15) is 17.5 Å². The molecule has 6 heteroatoms. The molecule has 0 spiro atoms. The van der Waals surface area contributed by atoms with Crippen molar-refractivity contribution in [2.24, 2.45) is 0 Å². The van der Waals surface area contributed by atoms with Gasteiger partial charge in [0, 0.05) is 37.8 Å². The first-order chi connectivity index (χ1) is 8.70. The highest BCUT2D eigenvalue weighted by molar-refractivity contribution is 7.80. The molecule has 2 aromatic heterocycles. The highest BCUT2D eigenvalue weighted by atomic mass is 32.1. The Morgan fingerprint density at radius 1 is 1.44 bits per heavy atom. The summed E-state index contributed by atoms with van der Waals surface area (Å²) in [5.74, 6) is 3.21. The Labute approximate surface area is 112 Å². The van der Waals surface area contributed by atoms with Gasteiger partial charge < -0.3 is 15.2 Å². The van der Waals surface area contributed by atoms with E-state index >= 15 is 0 Å². The SMILES string of the molecule is Cc1nc(NCCS)cc(N(C)c2cc[nH]c2)n1. The molecule has 0 saturated carbocycles. The van der Waals surface area contributed by atoms with E-state index in [1.165, 1.54) is 0 Å². The molecule has 0 aliphatic carbocycles. The summed E-state index contributed by atoms with van der Waals surface area (Å²) in [5, 5.41) is 3.21. The van der Waals surface area contributed by atoms with Crippen LogP contribution in [-0.4, -0.2) is 34.3 Å². The monoisotopic (exact) mass is 263 g/mol. The predicted molar refractivity (Wildman–Crippen MR) is 78.0 cm³/mol. The van der Waals surface area contributed by atoms with Crippen LogP contribution in [0.3, 0.4) is 0 Å². The summed E-state index contributed by atoms with van der Waals surface area (Å²) >= 11 is 4.17. The van der Waals surface area contributed by atoms with Gasteiger partial charge >= 0.3 is 0 Å². The summed E-state index contributed by atoms with van der Waals surface area (Å²) in [6.45, 7) is 2.67. The minimum Gasteiger partial charge on any atom is -0.369 e. The van der Waals surface area contributed by atoms with E-state index in [9.17, 15) is 0 Å². The van der Waals surface area contributed by atoms with Crippen molar-refractivity contribution in [2.45, 2.75) is 6.92 Å². The van der Waals surface area contributed by atoms with Crippen molar-refractivity contribution < 1.29 is 0 Å². The van der Waals surface area contributed by atoms with Crippen molar-refractivity contribution >= 4 is 30.0 Å². The third-order valence-corrected chi connectivity index (χ3v) is 2.78. The topological polar surface area (TPSA) is 56.8 Å². The van der Waals surface area contributed by atoms with Gasteiger partial charge in [-0.05, 0) is 13.0 Å². The second-order valence-electron chi connectivity index (χ2n) is 3.94. The van der Waals surface area contributed by atoms with Crippen molar-refractivity contribution in [1.82, 2.24) is 15.0 Å². The van der Waals surface area contributed by atoms with Crippen LogP contribution < -0.4 is 10.2 Å². The molecule has 0 aliphatic rings. The number of nitrogens with zero attached hydrogens (tertiary/aromatic N) is 3. The van der Waals surface area contributed by atoms with Gasteiger partial charge in [-0.3, -0.25) is 0 Å². The van der Waals surface area contributed by atoms with Crippen LogP contribution in [-0.2, 0) is 0 Å². The Hall–Kier alpha value is -1.69. The molecule has 0 radical (unpaired) electrons. The normalized spacial score (nSPS) is 10.4. The molecule has 0 aliphatic heterocycles. The number of H-pyrrole nitrogens is 1. The van der Waals surface area contributed by atoms with Crippen LogP contribution in [0.5, 0.6) is 0 Å². The highest BCUT2D eigenvalue weighted by Gasteiger charge is 2.08. The van der Waals surface area contributed by atoms with Gasteiger partial charge in [-0.1, -0.05) is 0 Å². The Morgan fingerprint density at radius 2 is 2.28 bits per heavy atom. The van der Waals surface area contributed by atoms with Gasteiger partial charge in [0.25, 0.3) is 0 Å². The molecule has 0 fully saturated rings. The van der Waals surface area contributed by atoms with Crippen LogP contribution >= 0.6 is 12.6 Å². The number of aromatic nitrogens is 3. The van der Waals surface area contributed by atoms with Crippen LogP contribution in [0.1, 0.15) is 5.82 Å². The molecule has 0 atom stereocenters. The molecular weight excluding hydrogens is 246 g/mol. The fourth-order valence-electron chi connectivity index (χ4n) is 1.65. The summed E-state index contributed by atoms with van der Waals surface area (Å²) < 4.78 is 0. The van der Waals surface area contributed by atoms with Crippen LogP contribution in [0.15, 0.2) is 24.5 Å². The van der Waals surface area contributed by atoms with Gasteiger partial charge in [-0.15, -0.1) is 0 Å². The number of hydrogen-bond donors (Lipinski definition) is 3. The largest absolute Gasteiger partial charge is 0.369 e. The summed E-state index contributed by atoms with van der Waals surface area (Å²) in [6.07, 6.45) is 3.82. The molecular formula is C12H17N5S. The zero-order valence-electron chi connectivity index (χ0n) is 10.5. The van der Waals surface area contributed by atoms with Crippen molar-refractivity contribution in [2.75, 3.05) is 29.6 Å². The van der Waals surface area contributed by atoms with Gasteiger partial charge in [0.2, 0.25) is 0 Å². The Morgan fingerprint density at radius 3 is 2.94 bits per heavy atom. The lowest BCUT2D eigenvalue weighted by Gasteiger charge is -2.17. The molecule has 96 valence electrons. The van der Waals surface area contributed by atoms with E-state index in [0.29, 0.717) is 0 Å². The lowest BCUT2D eigenvalue weighted by atomic mass is 10.4. The minimum atomic E-state index is 0.747. The van der Waals surface area contributed by atoms with Crippen molar-refractivity contribution in [3.63, 3.8) is 0 Å². The number of thiol groups is 1. The van der Waals surface area contributed by atoms with E-state index in [1.807, 2.05) is 43.4 Å². The van der Waals surface area contributed by atoms with E-state index < -0.39 is 0 Å². The van der Waals surface area contributed by atoms with E-state index in [1.54, 1.807) is 0 Å². The maximum absolute atomic E-state index is 4.44. The van der Waals surface area contributed by atoms with Gasteiger partial charge in [-0.25, -0.2) is 9.97 Å². The lowest BCUT2D eigenvalue weighted by molar-refractivity contribution is 1.00. The molecule has 2 heterocycles. The summed E-state index contributed by atoms with van der Waals surface area (Å²) in [4.78, 5) is 13.8. The van der Waals surface area contributed by atoms with Crippen LogP contribution in [0.2, 0.25) is 0 Å². The second-order valence-corrected chi connectivity index (χ2v) is 4.38. The zero-order valence-corrected chi connectivity index (χ0v) is 11.4.